The lowest BCUT2D eigenvalue weighted by Crippen LogP contribution is -2.23. The Morgan fingerprint density at radius 1 is 1.12 bits per heavy atom. The number of hydrogen-bond donors (Lipinski definition) is 0. The van der Waals surface area contributed by atoms with Gasteiger partial charge in [-0.3, -0.25) is 9.36 Å². The van der Waals surface area contributed by atoms with Crippen molar-refractivity contribution in [3.8, 4) is 5.69 Å². The molecule has 3 aromatic rings. The van der Waals surface area contributed by atoms with Gasteiger partial charge >= 0.3 is 0 Å². The summed E-state index contributed by atoms with van der Waals surface area (Å²) >= 11 is 1.54. The molecule has 0 spiro atoms. The van der Waals surface area contributed by atoms with Crippen molar-refractivity contribution in [2.24, 2.45) is 0 Å². The van der Waals surface area contributed by atoms with Crippen molar-refractivity contribution in [1.29, 1.82) is 0 Å². The van der Waals surface area contributed by atoms with Crippen molar-refractivity contribution >= 4 is 22.7 Å². The zero-order valence-electron chi connectivity index (χ0n) is 14.7. The number of rotatable bonds is 6. The van der Waals surface area contributed by atoms with Gasteiger partial charge in [-0.15, -0.1) is 0 Å². The molecular formula is C20H22N2O2S. The normalized spacial score (nSPS) is 11.4. The Morgan fingerprint density at radius 2 is 1.84 bits per heavy atom. The molecule has 0 unspecified atom stereocenters. The zero-order valence-corrected chi connectivity index (χ0v) is 15.5. The molecular weight excluding hydrogens is 332 g/mol. The number of methoxy groups -OCH3 is 1. The Morgan fingerprint density at radius 3 is 2.60 bits per heavy atom. The average Bonchev–Trinajstić information content (AvgIpc) is 2.62. The highest BCUT2D eigenvalue weighted by molar-refractivity contribution is 7.99. The number of hydrogen-bond acceptors (Lipinski definition) is 4. The highest BCUT2D eigenvalue weighted by Gasteiger charge is 2.16. The number of thioether (sulfide) groups is 1. The molecule has 0 fully saturated rings. The highest BCUT2D eigenvalue weighted by Crippen LogP contribution is 2.26. The van der Waals surface area contributed by atoms with Gasteiger partial charge in [-0.25, -0.2) is 4.98 Å². The molecule has 0 aliphatic heterocycles. The smallest absolute Gasteiger partial charge is 0.266 e. The topological polar surface area (TPSA) is 44.1 Å². The molecule has 2 aromatic carbocycles. The molecule has 3 rings (SSSR count). The summed E-state index contributed by atoms with van der Waals surface area (Å²) in [7, 11) is 1.68. The summed E-state index contributed by atoms with van der Waals surface area (Å²) in [6.45, 7) is 4.88. The van der Waals surface area contributed by atoms with Gasteiger partial charge in [0.25, 0.3) is 5.56 Å². The zero-order chi connectivity index (χ0) is 17.8. The van der Waals surface area contributed by atoms with E-state index in [1.54, 1.807) is 23.4 Å². The molecule has 0 amide bonds. The molecule has 0 N–H and O–H groups in total. The van der Waals surface area contributed by atoms with Gasteiger partial charge in [0.05, 0.1) is 23.2 Å². The molecule has 0 saturated carbocycles. The molecule has 1 heterocycles. The summed E-state index contributed by atoms with van der Waals surface area (Å²) in [4.78, 5) is 18.0. The van der Waals surface area contributed by atoms with Crippen molar-refractivity contribution < 1.29 is 4.74 Å². The van der Waals surface area contributed by atoms with E-state index in [-0.39, 0.29) is 5.56 Å². The molecule has 4 nitrogen and oxygen atoms in total. The first-order chi connectivity index (χ1) is 12.1. The largest absolute Gasteiger partial charge is 0.384 e. The number of ether oxygens (including phenoxy) is 1. The molecule has 0 radical (unpaired) electrons. The van der Waals surface area contributed by atoms with Crippen LogP contribution >= 0.6 is 11.8 Å². The first kappa shape index (κ1) is 17.7. The van der Waals surface area contributed by atoms with E-state index in [0.29, 0.717) is 23.1 Å². The van der Waals surface area contributed by atoms with Crippen molar-refractivity contribution in [2.75, 3.05) is 19.5 Å². The summed E-state index contributed by atoms with van der Waals surface area (Å²) in [5, 5.41) is 1.34. The van der Waals surface area contributed by atoms with Gasteiger partial charge in [-0.2, -0.15) is 0 Å². The third kappa shape index (κ3) is 3.62. The van der Waals surface area contributed by atoms with Crippen molar-refractivity contribution in [2.45, 2.75) is 24.9 Å². The molecule has 0 bridgehead atoms. The Balaban J connectivity index is 2.26. The van der Waals surface area contributed by atoms with Crippen LogP contribution in [0.1, 0.15) is 25.3 Å². The van der Waals surface area contributed by atoms with Gasteiger partial charge in [-0.1, -0.05) is 55.9 Å². The maximum atomic E-state index is 13.2. The van der Waals surface area contributed by atoms with Crippen LogP contribution in [-0.2, 0) is 4.74 Å². The first-order valence-electron chi connectivity index (χ1n) is 8.36. The van der Waals surface area contributed by atoms with E-state index in [1.807, 2.05) is 42.5 Å². The van der Waals surface area contributed by atoms with Crippen LogP contribution in [0, 0.1) is 0 Å². The van der Waals surface area contributed by atoms with Crippen molar-refractivity contribution in [3.05, 3.63) is 64.4 Å². The van der Waals surface area contributed by atoms with Crippen LogP contribution in [0.3, 0.4) is 0 Å². The van der Waals surface area contributed by atoms with Crippen LogP contribution in [0.25, 0.3) is 16.6 Å². The molecule has 0 atom stereocenters. The van der Waals surface area contributed by atoms with Crippen molar-refractivity contribution in [1.82, 2.24) is 9.55 Å². The van der Waals surface area contributed by atoms with Gasteiger partial charge in [-0.05, 0) is 29.7 Å². The van der Waals surface area contributed by atoms with E-state index >= 15 is 0 Å². The fourth-order valence-electron chi connectivity index (χ4n) is 2.82. The highest BCUT2D eigenvalue weighted by atomic mass is 32.2. The molecule has 130 valence electrons. The lowest BCUT2D eigenvalue weighted by Gasteiger charge is -2.18. The van der Waals surface area contributed by atoms with Crippen LogP contribution < -0.4 is 5.56 Å². The lowest BCUT2D eigenvalue weighted by atomic mass is 10.0. The minimum atomic E-state index is -0.0291. The summed E-state index contributed by atoms with van der Waals surface area (Å²) in [6, 6.07) is 15.5. The Labute approximate surface area is 151 Å². The Bertz CT molecular complexity index is 934. The molecule has 25 heavy (non-hydrogen) atoms. The summed E-state index contributed by atoms with van der Waals surface area (Å²) in [5.41, 5.74) is 2.74. The maximum absolute atomic E-state index is 13.2. The SMILES string of the molecule is COCCSc1nc2ccccc2c(=O)n1-c1ccccc1C(C)C. The minimum Gasteiger partial charge on any atom is -0.384 e. The third-order valence-corrected chi connectivity index (χ3v) is 4.97. The Kier molecular flexibility index (Phi) is 5.56. The quantitative estimate of drug-likeness (QED) is 0.377. The lowest BCUT2D eigenvalue weighted by molar-refractivity contribution is 0.218. The predicted octanol–water partition coefficient (Wildman–Crippen LogP) is 4.25. The van der Waals surface area contributed by atoms with Gasteiger partial charge in [0.15, 0.2) is 5.16 Å². The first-order valence-corrected chi connectivity index (χ1v) is 9.35. The van der Waals surface area contributed by atoms with Crippen LogP contribution in [0.4, 0.5) is 0 Å². The van der Waals surface area contributed by atoms with E-state index in [0.717, 1.165) is 22.5 Å². The van der Waals surface area contributed by atoms with Crippen LogP contribution in [0.2, 0.25) is 0 Å². The van der Waals surface area contributed by atoms with Gasteiger partial charge in [0.2, 0.25) is 0 Å². The van der Waals surface area contributed by atoms with E-state index in [4.69, 9.17) is 9.72 Å². The number of aromatic nitrogens is 2. The summed E-state index contributed by atoms with van der Waals surface area (Å²) < 4.78 is 6.90. The molecule has 0 aliphatic rings. The maximum Gasteiger partial charge on any atom is 0.266 e. The average molecular weight is 354 g/mol. The number of para-hydroxylation sites is 2. The van der Waals surface area contributed by atoms with Gasteiger partial charge in [0.1, 0.15) is 0 Å². The van der Waals surface area contributed by atoms with Crippen molar-refractivity contribution in [3.63, 3.8) is 0 Å². The molecule has 1 aromatic heterocycles. The van der Waals surface area contributed by atoms with Gasteiger partial charge in [0, 0.05) is 12.9 Å². The number of benzene rings is 2. The minimum absolute atomic E-state index is 0.0291. The number of nitrogens with zero attached hydrogens (tertiary/aromatic N) is 2. The summed E-state index contributed by atoms with van der Waals surface area (Å²) in [5.74, 6) is 1.05. The molecule has 0 saturated heterocycles. The monoisotopic (exact) mass is 354 g/mol. The van der Waals surface area contributed by atoms with Crippen LogP contribution in [0.15, 0.2) is 58.5 Å². The van der Waals surface area contributed by atoms with Gasteiger partial charge < -0.3 is 4.74 Å². The predicted molar refractivity (Wildman–Crippen MR) is 104 cm³/mol. The second kappa shape index (κ2) is 7.85. The fraction of sp³-hybridized carbons (Fsp3) is 0.300. The molecule has 5 heteroatoms. The van der Waals surface area contributed by atoms with E-state index in [9.17, 15) is 4.79 Å². The molecule has 0 aliphatic carbocycles. The fourth-order valence-corrected chi connectivity index (χ4v) is 3.72. The Hall–Kier alpha value is -2.11. The van der Waals surface area contributed by atoms with Crippen LogP contribution in [-0.4, -0.2) is 29.0 Å². The second-order valence-electron chi connectivity index (χ2n) is 6.11. The van der Waals surface area contributed by atoms with Crippen LogP contribution in [0.5, 0.6) is 0 Å². The summed E-state index contributed by atoms with van der Waals surface area (Å²) in [6.07, 6.45) is 0. The second-order valence-corrected chi connectivity index (χ2v) is 7.17. The third-order valence-electron chi connectivity index (χ3n) is 4.06. The number of fused-ring (bicyclic) bond motifs is 1. The van der Waals surface area contributed by atoms with E-state index in [2.05, 4.69) is 19.9 Å². The van der Waals surface area contributed by atoms with E-state index < -0.39 is 0 Å². The standard InChI is InChI=1S/C20H22N2O2S/c1-14(2)15-8-5-7-11-18(15)22-19(23)16-9-4-6-10-17(16)21-20(22)25-13-12-24-3/h4-11,14H,12-13H2,1-3H3. The van der Waals surface area contributed by atoms with E-state index in [1.165, 1.54) is 0 Å².